The summed E-state index contributed by atoms with van der Waals surface area (Å²) in [6.45, 7) is 6.49. The van der Waals surface area contributed by atoms with Gasteiger partial charge in [0, 0.05) is 0 Å². The summed E-state index contributed by atoms with van der Waals surface area (Å²) in [6, 6.07) is 9.81. The number of ether oxygens (including phenoxy) is 1. The van der Waals surface area contributed by atoms with E-state index in [1.54, 1.807) is 0 Å². The summed E-state index contributed by atoms with van der Waals surface area (Å²) in [5.74, 6) is 0.840. The van der Waals surface area contributed by atoms with Gasteiger partial charge in [-0.3, -0.25) is 0 Å². The SMILES string of the molecule is CCOc1ccc(C(C#N)=C(C)C)cc1. The van der Waals surface area contributed by atoms with Crippen LogP contribution in [0.4, 0.5) is 0 Å². The lowest BCUT2D eigenvalue weighted by atomic mass is 10.0. The van der Waals surface area contributed by atoms with Crippen LogP contribution < -0.4 is 4.74 Å². The summed E-state index contributed by atoms with van der Waals surface area (Å²) in [4.78, 5) is 0. The lowest BCUT2D eigenvalue weighted by molar-refractivity contribution is 0.340. The number of nitrogens with zero attached hydrogens (tertiary/aromatic N) is 1. The topological polar surface area (TPSA) is 33.0 Å². The highest BCUT2D eigenvalue weighted by Gasteiger charge is 2.02. The zero-order chi connectivity index (χ0) is 11.3. The Bertz CT molecular complexity index is 392. The molecular weight excluding hydrogens is 186 g/mol. The lowest BCUT2D eigenvalue weighted by Crippen LogP contribution is -1.91. The van der Waals surface area contributed by atoms with Gasteiger partial charge in [0.25, 0.3) is 0 Å². The molecule has 2 heteroatoms. The first-order valence-corrected chi connectivity index (χ1v) is 4.99. The quantitative estimate of drug-likeness (QED) is 0.702. The molecule has 0 unspecified atom stereocenters. The van der Waals surface area contributed by atoms with Gasteiger partial charge in [-0.2, -0.15) is 5.26 Å². The largest absolute Gasteiger partial charge is 0.494 e. The Kier molecular flexibility index (Phi) is 3.93. The van der Waals surface area contributed by atoms with Crippen molar-refractivity contribution in [3.63, 3.8) is 0 Å². The summed E-state index contributed by atoms with van der Waals surface area (Å²) < 4.78 is 5.34. The highest BCUT2D eigenvalue weighted by molar-refractivity contribution is 5.78. The van der Waals surface area contributed by atoms with Crippen molar-refractivity contribution < 1.29 is 4.74 Å². The predicted octanol–water partition coefficient (Wildman–Crippen LogP) is 3.40. The molecule has 1 aromatic rings. The molecule has 0 bridgehead atoms. The molecule has 0 spiro atoms. The maximum atomic E-state index is 8.98. The third-order valence-electron chi connectivity index (χ3n) is 2.07. The molecule has 0 radical (unpaired) electrons. The third kappa shape index (κ3) is 2.85. The summed E-state index contributed by atoms with van der Waals surface area (Å²) in [7, 11) is 0. The molecule has 15 heavy (non-hydrogen) atoms. The van der Waals surface area contributed by atoms with Gasteiger partial charge in [-0.15, -0.1) is 0 Å². The molecule has 2 nitrogen and oxygen atoms in total. The van der Waals surface area contributed by atoms with Crippen molar-refractivity contribution in [3.8, 4) is 11.8 Å². The fourth-order valence-electron chi connectivity index (χ4n) is 1.35. The van der Waals surface area contributed by atoms with Gasteiger partial charge in [0.05, 0.1) is 18.2 Å². The van der Waals surface area contributed by atoms with E-state index < -0.39 is 0 Å². The van der Waals surface area contributed by atoms with E-state index in [2.05, 4.69) is 6.07 Å². The fraction of sp³-hybridized carbons (Fsp3) is 0.308. The van der Waals surface area contributed by atoms with Gasteiger partial charge >= 0.3 is 0 Å². The van der Waals surface area contributed by atoms with Gasteiger partial charge in [-0.05, 0) is 50.6 Å². The lowest BCUT2D eigenvalue weighted by Gasteiger charge is -2.05. The molecule has 0 aliphatic carbocycles. The van der Waals surface area contributed by atoms with E-state index in [0.717, 1.165) is 22.5 Å². The van der Waals surface area contributed by atoms with E-state index >= 15 is 0 Å². The molecule has 0 aromatic heterocycles. The van der Waals surface area contributed by atoms with Crippen LogP contribution in [0.1, 0.15) is 26.3 Å². The van der Waals surface area contributed by atoms with E-state index in [-0.39, 0.29) is 0 Å². The van der Waals surface area contributed by atoms with Crippen molar-refractivity contribution in [3.05, 3.63) is 35.4 Å². The number of hydrogen-bond acceptors (Lipinski definition) is 2. The van der Waals surface area contributed by atoms with Crippen LogP contribution in [0.2, 0.25) is 0 Å². The summed E-state index contributed by atoms with van der Waals surface area (Å²) in [5, 5.41) is 8.98. The monoisotopic (exact) mass is 201 g/mol. The molecule has 0 saturated heterocycles. The molecule has 0 heterocycles. The molecule has 0 fully saturated rings. The van der Waals surface area contributed by atoms with E-state index in [1.165, 1.54) is 0 Å². The summed E-state index contributed by atoms with van der Waals surface area (Å²) >= 11 is 0. The maximum absolute atomic E-state index is 8.98. The van der Waals surface area contributed by atoms with Crippen LogP contribution in [0.15, 0.2) is 29.8 Å². The van der Waals surface area contributed by atoms with E-state index in [0.29, 0.717) is 6.61 Å². The first-order chi connectivity index (χ1) is 7.19. The minimum Gasteiger partial charge on any atom is -0.494 e. The van der Waals surface area contributed by atoms with Crippen molar-refractivity contribution in [1.82, 2.24) is 0 Å². The number of allylic oxidation sites excluding steroid dienone is 2. The first kappa shape index (κ1) is 11.3. The van der Waals surface area contributed by atoms with Crippen LogP contribution in [0.3, 0.4) is 0 Å². The minimum atomic E-state index is 0.660. The molecule has 1 rings (SSSR count). The Morgan fingerprint density at radius 3 is 2.27 bits per heavy atom. The Hall–Kier alpha value is -1.75. The fourth-order valence-corrected chi connectivity index (χ4v) is 1.35. The van der Waals surface area contributed by atoms with Crippen LogP contribution in [0, 0.1) is 11.3 Å². The molecular formula is C13H15NO. The standard InChI is InChI=1S/C13H15NO/c1-4-15-12-7-5-11(6-8-12)13(9-14)10(2)3/h5-8H,4H2,1-3H3. The molecule has 0 aliphatic heterocycles. The van der Waals surface area contributed by atoms with Crippen molar-refractivity contribution in [2.45, 2.75) is 20.8 Å². The molecule has 0 saturated carbocycles. The predicted molar refractivity (Wildman–Crippen MR) is 61.5 cm³/mol. The van der Waals surface area contributed by atoms with E-state index in [4.69, 9.17) is 10.00 Å². The first-order valence-electron chi connectivity index (χ1n) is 4.99. The second kappa shape index (κ2) is 5.21. The number of rotatable bonds is 3. The summed E-state index contributed by atoms with van der Waals surface area (Å²) in [6.07, 6.45) is 0. The van der Waals surface area contributed by atoms with E-state index in [9.17, 15) is 0 Å². The zero-order valence-corrected chi connectivity index (χ0v) is 9.37. The van der Waals surface area contributed by atoms with Gasteiger partial charge in [0.1, 0.15) is 5.75 Å². The van der Waals surface area contributed by atoms with Gasteiger partial charge in [-0.25, -0.2) is 0 Å². The second-order valence-electron chi connectivity index (χ2n) is 3.44. The average Bonchev–Trinajstić information content (AvgIpc) is 2.21. The molecule has 78 valence electrons. The zero-order valence-electron chi connectivity index (χ0n) is 9.37. The highest BCUT2D eigenvalue weighted by atomic mass is 16.5. The molecule has 0 aliphatic rings. The highest BCUT2D eigenvalue weighted by Crippen LogP contribution is 2.20. The normalized spacial score (nSPS) is 9.20. The molecule has 0 amide bonds. The Morgan fingerprint density at radius 2 is 1.87 bits per heavy atom. The van der Waals surface area contributed by atoms with Crippen LogP contribution in [0.5, 0.6) is 5.75 Å². The van der Waals surface area contributed by atoms with Crippen molar-refractivity contribution in [2.75, 3.05) is 6.61 Å². The Morgan fingerprint density at radius 1 is 1.27 bits per heavy atom. The van der Waals surface area contributed by atoms with Crippen molar-refractivity contribution in [1.29, 1.82) is 5.26 Å². The van der Waals surface area contributed by atoms with Gasteiger partial charge in [-0.1, -0.05) is 5.57 Å². The van der Waals surface area contributed by atoms with Gasteiger partial charge in [0.2, 0.25) is 0 Å². The van der Waals surface area contributed by atoms with E-state index in [1.807, 2.05) is 45.0 Å². The van der Waals surface area contributed by atoms with Crippen molar-refractivity contribution >= 4 is 5.57 Å². The molecule has 0 N–H and O–H groups in total. The maximum Gasteiger partial charge on any atom is 0.119 e. The average molecular weight is 201 g/mol. The number of hydrogen-bond donors (Lipinski definition) is 0. The number of benzene rings is 1. The van der Waals surface area contributed by atoms with Crippen LogP contribution in [-0.4, -0.2) is 6.61 Å². The smallest absolute Gasteiger partial charge is 0.119 e. The molecule has 1 aromatic carbocycles. The van der Waals surface area contributed by atoms with Crippen molar-refractivity contribution in [2.24, 2.45) is 0 Å². The third-order valence-corrected chi connectivity index (χ3v) is 2.07. The summed E-state index contributed by atoms with van der Waals surface area (Å²) in [5.41, 5.74) is 2.71. The second-order valence-corrected chi connectivity index (χ2v) is 3.44. The van der Waals surface area contributed by atoms with Gasteiger partial charge in [0.15, 0.2) is 0 Å². The van der Waals surface area contributed by atoms with Crippen LogP contribution in [0.25, 0.3) is 5.57 Å². The minimum absolute atomic E-state index is 0.660. The van der Waals surface area contributed by atoms with Crippen LogP contribution >= 0.6 is 0 Å². The van der Waals surface area contributed by atoms with Gasteiger partial charge < -0.3 is 4.74 Å². The Balaban J connectivity index is 2.99. The number of nitriles is 1. The Labute approximate surface area is 90.8 Å². The molecule has 0 atom stereocenters. The van der Waals surface area contributed by atoms with Crippen LogP contribution in [-0.2, 0) is 0 Å².